The fourth-order valence-electron chi connectivity index (χ4n) is 1.99. The van der Waals surface area contributed by atoms with Gasteiger partial charge < -0.3 is 10.1 Å². The third kappa shape index (κ3) is 1.95. The molecule has 0 saturated carbocycles. The molecule has 0 bridgehead atoms. The molecule has 0 radical (unpaired) electrons. The predicted octanol–water partition coefficient (Wildman–Crippen LogP) is 1.19. The lowest BCUT2D eigenvalue weighted by Gasteiger charge is -2.17. The molecule has 1 aliphatic rings. The van der Waals surface area contributed by atoms with Gasteiger partial charge in [-0.15, -0.1) is 11.3 Å². The number of rotatable bonds is 3. The quantitative estimate of drug-likeness (QED) is 0.764. The molecule has 2 heterocycles. The fourth-order valence-corrected chi connectivity index (χ4v) is 2.66. The lowest BCUT2D eigenvalue weighted by atomic mass is 10.2. The summed E-state index contributed by atoms with van der Waals surface area (Å²) >= 11 is 1.62. The minimum Gasteiger partial charge on any atom is -0.492 e. The van der Waals surface area contributed by atoms with Crippen LogP contribution in [0.1, 0.15) is 0 Å². The number of anilines is 1. The zero-order chi connectivity index (χ0) is 11.7. The number of nitrogens with one attached hydrogen (secondary N) is 3. The maximum absolute atomic E-state index is 5.45. The topological polar surface area (TPSA) is 58.2 Å². The van der Waals surface area contributed by atoms with E-state index in [4.69, 9.17) is 4.74 Å². The Kier molecular flexibility index (Phi) is 2.84. The average Bonchev–Trinajstić information content (AvgIpc) is 2.98. The van der Waals surface area contributed by atoms with Crippen molar-refractivity contribution in [3.63, 3.8) is 0 Å². The summed E-state index contributed by atoms with van der Waals surface area (Å²) < 4.78 is 6.59. The van der Waals surface area contributed by atoms with E-state index >= 15 is 0 Å². The Morgan fingerprint density at radius 2 is 2.24 bits per heavy atom. The molecule has 90 valence electrons. The minimum atomic E-state index is 0.0972. The molecule has 0 amide bonds. The van der Waals surface area contributed by atoms with Crippen molar-refractivity contribution in [3.8, 4) is 5.75 Å². The Bertz CT molecular complexity index is 521. The van der Waals surface area contributed by atoms with E-state index in [1.165, 1.54) is 0 Å². The molecule has 1 aliphatic heterocycles. The van der Waals surface area contributed by atoms with Crippen LogP contribution in [0, 0.1) is 0 Å². The molecule has 1 fully saturated rings. The Morgan fingerprint density at radius 3 is 3.00 bits per heavy atom. The lowest BCUT2D eigenvalue weighted by Crippen LogP contribution is -2.38. The number of hydrogen-bond acceptors (Lipinski definition) is 6. The van der Waals surface area contributed by atoms with Gasteiger partial charge in [0.05, 0.1) is 23.0 Å². The van der Waals surface area contributed by atoms with Gasteiger partial charge in [-0.25, -0.2) is 4.98 Å². The molecule has 3 N–H and O–H groups in total. The van der Waals surface area contributed by atoms with Crippen molar-refractivity contribution < 1.29 is 4.74 Å². The molecule has 1 aromatic carbocycles. The average molecular weight is 250 g/mol. The molecule has 0 aliphatic carbocycles. The van der Waals surface area contributed by atoms with E-state index in [1.807, 2.05) is 11.6 Å². The Hall–Kier alpha value is -1.37. The standard InChI is InChI=1S/C11H14N4OS/c1-16-10-7(15-11-12-4-5-13-11)2-3-8-9(10)14-6-17-8/h2-3,6,11-13,15H,4-5H2,1H3. The SMILES string of the molecule is COc1c(NC2NCCN2)ccc2scnc12. The summed E-state index contributed by atoms with van der Waals surface area (Å²) in [6.45, 7) is 1.94. The summed E-state index contributed by atoms with van der Waals surface area (Å²) in [6, 6.07) is 4.09. The van der Waals surface area contributed by atoms with E-state index in [-0.39, 0.29) is 6.29 Å². The summed E-state index contributed by atoms with van der Waals surface area (Å²) in [5.74, 6) is 0.805. The van der Waals surface area contributed by atoms with Crippen molar-refractivity contribution >= 4 is 27.2 Å². The second-order valence-electron chi connectivity index (χ2n) is 3.83. The summed E-state index contributed by atoms with van der Waals surface area (Å²) in [5, 5.41) is 9.97. The summed E-state index contributed by atoms with van der Waals surface area (Å²) in [4.78, 5) is 4.34. The molecular formula is C11H14N4OS. The molecule has 1 saturated heterocycles. The van der Waals surface area contributed by atoms with Crippen molar-refractivity contribution in [2.24, 2.45) is 0 Å². The normalized spacial score (nSPS) is 16.5. The maximum atomic E-state index is 5.45. The van der Waals surface area contributed by atoms with Gasteiger partial charge in [-0.3, -0.25) is 10.6 Å². The van der Waals surface area contributed by atoms with Crippen LogP contribution in [0.2, 0.25) is 0 Å². The van der Waals surface area contributed by atoms with Crippen molar-refractivity contribution in [1.82, 2.24) is 15.6 Å². The third-order valence-electron chi connectivity index (χ3n) is 2.78. The van der Waals surface area contributed by atoms with E-state index in [9.17, 15) is 0 Å². The fraction of sp³-hybridized carbons (Fsp3) is 0.364. The van der Waals surface area contributed by atoms with Gasteiger partial charge >= 0.3 is 0 Å². The molecule has 0 spiro atoms. The Labute approximate surface area is 103 Å². The Balaban J connectivity index is 1.96. The van der Waals surface area contributed by atoms with Crippen LogP contribution >= 0.6 is 11.3 Å². The van der Waals surface area contributed by atoms with Crippen molar-refractivity contribution in [2.45, 2.75) is 6.29 Å². The number of benzene rings is 1. The van der Waals surface area contributed by atoms with Crippen LogP contribution in [0.3, 0.4) is 0 Å². The molecule has 6 heteroatoms. The van der Waals surface area contributed by atoms with Gasteiger partial charge in [0.15, 0.2) is 5.75 Å². The van der Waals surface area contributed by atoms with Crippen molar-refractivity contribution in [2.75, 3.05) is 25.5 Å². The number of aromatic nitrogens is 1. The number of ether oxygens (including phenoxy) is 1. The van der Waals surface area contributed by atoms with Crippen LogP contribution in [0.4, 0.5) is 5.69 Å². The highest BCUT2D eigenvalue weighted by Gasteiger charge is 2.16. The Morgan fingerprint density at radius 1 is 1.41 bits per heavy atom. The first-order valence-electron chi connectivity index (χ1n) is 5.52. The molecule has 1 aromatic heterocycles. The zero-order valence-corrected chi connectivity index (χ0v) is 10.3. The first-order chi connectivity index (χ1) is 8.38. The van der Waals surface area contributed by atoms with Gasteiger partial charge in [-0.1, -0.05) is 0 Å². The van der Waals surface area contributed by atoms with Crippen molar-refractivity contribution in [3.05, 3.63) is 17.6 Å². The number of hydrogen-bond donors (Lipinski definition) is 3. The highest BCUT2D eigenvalue weighted by Crippen LogP contribution is 2.34. The molecular weight excluding hydrogens is 236 g/mol. The van der Waals surface area contributed by atoms with Crippen LogP contribution in [0.5, 0.6) is 5.75 Å². The van der Waals surface area contributed by atoms with Gasteiger partial charge in [0.25, 0.3) is 0 Å². The summed E-state index contributed by atoms with van der Waals surface area (Å²) in [5.41, 5.74) is 3.71. The third-order valence-corrected chi connectivity index (χ3v) is 3.58. The predicted molar refractivity (Wildman–Crippen MR) is 69.6 cm³/mol. The van der Waals surface area contributed by atoms with Crippen LogP contribution in [-0.4, -0.2) is 31.5 Å². The molecule has 17 heavy (non-hydrogen) atoms. The molecule has 5 nitrogen and oxygen atoms in total. The van der Waals surface area contributed by atoms with E-state index in [1.54, 1.807) is 18.4 Å². The summed E-state index contributed by atoms with van der Waals surface area (Å²) in [6.07, 6.45) is 0.0972. The van der Waals surface area contributed by atoms with Gasteiger partial charge in [-0.2, -0.15) is 0 Å². The maximum Gasteiger partial charge on any atom is 0.169 e. The highest BCUT2D eigenvalue weighted by molar-refractivity contribution is 7.16. The first kappa shape index (κ1) is 10.8. The van der Waals surface area contributed by atoms with E-state index in [0.717, 1.165) is 34.7 Å². The van der Waals surface area contributed by atoms with Gasteiger partial charge in [0, 0.05) is 13.1 Å². The first-order valence-corrected chi connectivity index (χ1v) is 6.40. The number of nitrogens with zero attached hydrogens (tertiary/aromatic N) is 1. The molecule has 0 unspecified atom stereocenters. The number of fused-ring (bicyclic) bond motifs is 1. The monoisotopic (exact) mass is 250 g/mol. The van der Waals surface area contributed by atoms with Crippen molar-refractivity contribution in [1.29, 1.82) is 0 Å². The largest absolute Gasteiger partial charge is 0.492 e. The van der Waals surface area contributed by atoms with E-state index in [2.05, 4.69) is 27.0 Å². The second kappa shape index (κ2) is 4.48. The summed E-state index contributed by atoms with van der Waals surface area (Å²) in [7, 11) is 1.68. The zero-order valence-electron chi connectivity index (χ0n) is 9.49. The number of methoxy groups -OCH3 is 1. The van der Waals surface area contributed by atoms with Gasteiger partial charge in [0.1, 0.15) is 11.8 Å². The van der Waals surface area contributed by atoms with Crippen LogP contribution in [0.15, 0.2) is 17.6 Å². The van der Waals surface area contributed by atoms with E-state index in [0.29, 0.717) is 0 Å². The van der Waals surface area contributed by atoms with E-state index < -0.39 is 0 Å². The second-order valence-corrected chi connectivity index (χ2v) is 4.72. The van der Waals surface area contributed by atoms with Crippen LogP contribution < -0.4 is 20.7 Å². The van der Waals surface area contributed by atoms with Crippen LogP contribution in [0.25, 0.3) is 10.2 Å². The minimum absolute atomic E-state index is 0.0972. The van der Waals surface area contributed by atoms with Gasteiger partial charge in [0.2, 0.25) is 0 Å². The number of thiazole rings is 1. The molecule has 0 atom stereocenters. The van der Waals surface area contributed by atoms with Crippen LogP contribution in [-0.2, 0) is 0 Å². The van der Waals surface area contributed by atoms with Gasteiger partial charge in [-0.05, 0) is 12.1 Å². The molecule has 3 rings (SSSR count). The molecule has 2 aromatic rings. The smallest absolute Gasteiger partial charge is 0.169 e. The highest BCUT2D eigenvalue weighted by atomic mass is 32.1. The lowest BCUT2D eigenvalue weighted by molar-refractivity contribution is 0.419.